The van der Waals surface area contributed by atoms with Crippen molar-refractivity contribution in [1.82, 2.24) is 10.6 Å². The Bertz CT molecular complexity index is 962. The fraction of sp³-hybridized carbons (Fsp3) is 0.429. The van der Waals surface area contributed by atoms with Crippen molar-refractivity contribution in [2.45, 2.75) is 40.5 Å². The van der Waals surface area contributed by atoms with Crippen molar-refractivity contribution < 1.29 is 9.59 Å². The van der Waals surface area contributed by atoms with Gasteiger partial charge in [-0.3, -0.25) is 19.6 Å². The predicted molar refractivity (Wildman–Crippen MR) is 140 cm³/mol. The first-order valence-electron chi connectivity index (χ1n) is 12.2. The molecule has 2 N–H and O–H groups in total. The van der Waals surface area contributed by atoms with Gasteiger partial charge >= 0.3 is 0 Å². The van der Waals surface area contributed by atoms with Crippen molar-refractivity contribution in [2.24, 2.45) is 21.8 Å². The lowest BCUT2D eigenvalue weighted by molar-refractivity contribution is -0.117. The van der Waals surface area contributed by atoms with E-state index in [0.29, 0.717) is 47.0 Å². The number of fused-ring (bicyclic) bond motifs is 2. The number of aliphatic imine (C=N–C) groups is 2. The van der Waals surface area contributed by atoms with E-state index in [1.54, 1.807) is 24.6 Å². The quantitative estimate of drug-likeness (QED) is 0.482. The van der Waals surface area contributed by atoms with Gasteiger partial charge in [-0.15, -0.1) is 0 Å². The highest BCUT2D eigenvalue weighted by Crippen LogP contribution is 2.35. The topological polar surface area (TPSA) is 82.9 Å². The van der Waals surface area contributed by atoms with Gasteiger partial charge in [0.15, 0.2) is 11.6 Å². The fourth-order valence-electron chi connectivity index (χ4n) is 3.83. The second kappa shape index (κ2) is 12.5. The highest BCUT2D eigenvalue weighted by molar-refractivity contribution is 6.37. The number of carbonyl (C=O) groups is 2. The monoisotopic (exact) mass is 460 g/mol. The Morgan fingerprint density at radius 2 is 1.15 bits per heavy atom. The number of ketones is 2. The summed E-state index contributed by atoms with van der Waals surface area (Å²) >= 11 is 0. The highest BCUT2D eigenvalue weighted by atomic mass is 16.1. The van der Waals surface area contributed by atoms with Gasteiger partial charge in [-0.05, 0) is 37.1 Å². The largest absolute Gasteiger partial charge is 0.313 e. The molecular weight excluding hydrogens is 424 g/mol. The number of allylic oxidation sites excluding steroid dienone is 8. The van der Waals surface area contributed by atoms with Crippen molar-refractivity contribution >= 4 is 23.0 Å². The first-order valence-corrected chi connectivity index (χ1v) is 12.2. The molecule has 0 aromatic heterocycles. The van der Waals surface area contributed by atoms with Crippen LogP contribution in [0.25, 0.3) is 0 Å². The first-order chi connectivity index (χ1) is 16.4. The van der Waals surface area contributed by atoms with Crippen molar-refractivity contribution in [2.75, 3.05) is 26.2 Å². The zero-order chi connectivity index (χ0) is 24.5. The molecule has 180 valence electrons. The van der Waals surface area contributed by atoms with Crippen molar-refractivity contribution in [3.8, 4) is 0 Å². The molecule has 0 aliphatic heterocycles. The van der Waals surface area contributed by atoms with E-state index in [4.69, 9.17) is 0 Å². The van der Waals surface area contributed by atoms with Crippen LogP contribution in [0.15, 0.2) is 81.1 Å². The minimum atomic E-state index is -0.112. The molecule has 0 heterocycles. The van der Waals surface area contributed by atoms with E-state index in [-0.39, 0.29) is 11.6 Å². The number of rotatable bonds is 10. The molecular formula is C28H36N4O2. The molecule has 0 radical (unpaired) electrons. The Balaban J connectivity index is 1.66. The molecule has 0 aromatic rings. The van der Waals surface area contributed by atoms with Gasteiger partial charge in [0.2, 0.25) is 0 Å². The standard InChI is InChI=1S/C28H36N4O2/c1-19(2)17-29-11-5-13-31-21-7-9-23-25(15-21)27(33)24-10-8-22(16-26(24)28(23)34)32-14-6-12-30-18-20(3)4/h5-6,9-10,13-16,19-20,29-30H,7-8,11-12,17-18H2,1-4H3. The van der Waals surface area contributed by atoms with E-state index in [1.165, 1.54) is 0 Å². The van der Waals surface area contributed by atoms with Gasteiger partial charge in [0.25, 0.3) is 0 Å². The van der Waals surface area contributed by atoms with Gasteiger partial charge in [0.1, 0.15) is 0 Å². The third-order valence-corrected chi connectivity index (χ3v) is 5.53. The lowest BCUT2D eigenvalue weighted by atomic mass is 9.75. The lowest BCUT2D eigenvalue weighted by Crippen LogP contribution is -2.29. The highest BCUT2D eigenvalue weighted by Gasteiger charge is 2.37. The fourth-order valence-corrected chi connectivity index (χ4v) is 3.83. The van der Waals surface area contributed by atoms with Gasteiger partial charge in [-0.2, -0.15) is 0 Å². The van der Waals surface area contributed by atoms with Gasteiger partial charge in [0.05, 0.1) is 0 Å². The molecule has 0 aromatic carbocycles. The van der Waals surface area contributed by atoms with Gasteiger partial charge in [-0.1, -0.05) is 52.0 Å². The van der Waals surface area contributed by atoms with E-state index in [2.05, 4.69) is 48.3 Å². The Morgan fingerprint density at radius 1 is 0.735 bits per heavy atom. The maximum Gasteiger partial charge on any atom is 0.194 e. The Kier molecular flexibility index (Phi) is 9.42. The Morgan fingerprint density at radius 3 is 1.53 bits per heavy atom. The van der Waals surface area contributed by atoms with Crippen LogP contribution < -0.4 is 10.6 Å². The van der Waals surface area contributed by atoms with Gasteiger partial charge in [0, 0.05) is 72.0 Å². The molecule has 6 nitrogen and oxygen atoms in total. The molecule has 3 aliphatic carbocycles. The summed E-state index contributed by atoms with van der Waals surface area (Å²) in [6.07, 6.45) is 15.7. The summed E-state index contributed by atoms with van der Waals surface area (Å²) in [5.74, 6) is 0.980. The Hall–Kier alpha value is -2.96. The minimum Gasteiger partial charge on any atom is -0.313 e. The number of nitrogens with one attached hydrogen (secondary N) is 2. The summed E-state index contributed by atoms with van der Waals surface area (Å²) in [4.78, 5) is 35.2. The van der Waals surface area contributed by atoms with Gasteiger partial charge < -0.3 is 10.6 Å². The molecule has 3 rings (SSSR count). The molecule has 0 bridgehead atoms. The van der Waals surface area contributed by atoms with Crippen LogP contribution in [0.1, 0.15) is 40.5 Å². The average molecular weight is 461 g/mol. The zero-order valence-corrected chi connectivity index (χ0v) is 20.7. The van der Waals surface area contributed by atoms with Crippen LogP contribution in [0.5, 0.6) is 0 Å². The van der Waals surface area contributed by atoms with E-state index < -0.39 is 0 Å². The van der Waals surface area contributed by atoms with E-state index in [0.717, 1.165) is 37.6 Å². The predicted octanol–water partition coefficient (Wildman–Crippen LogP) is 4.05. The summed E-state index contributed by atoms with van der Waals surface area (Å²) in [5.41, 5.74) is 3.40. The van der Waals surface area contributed by atoms with Crippen molar-refractivity contribution in [3.63, 3.8) is 0 Å². The van der Waals surface area contributed by atoms with Crippen molar-refractivity contribution in [3.05, 3.63) is 71.1 Å². The number of hydrogen-bond donors (Lipinski definition) is 2. The number of carbonyl (C=O) groups excluding carboxylic acids is 2. The third kappa shape index (κ3) is 7.02. The van der Waals surface area contributed by atoms with Crippen LogP contribution in [0, 0.1) is 11.8 Å². The molecule has 6 heteroatoms. The summed E-state index contributed by atoms with van der Waals surface area (Å²) in [6, 6.07) is 0. The maximum absolute atomic E-state index is 13.1. The molecule has 0 amide bonds. The number of Topliss-reactive ketones (excluding diaryl/α,β-unsaturated/α-hetero) is 2. The molecule has 3 aliphatic rings. The second-order valence-electron chi connectivity index (χ2n) is 9.53. The zero-order valence-electron chi connectivity index (χ0n) is 20.7. The SMILES string of the molecule is CC(C)CNCC=CN=C1C=C2C(=O)C3=CCC(=NC=CCNCC(C)C)C=C3C(=O)C2=CC1. The first kappa shape index (κ1) is 25.7. The summed E-state index contributed by atoms with van der Waals surface area (Å²) in [6.45, 7) is 12.1. The normalized spacial score (nSPS) is 20.9. The lowest BCUT2D eigenvalue weighted by Gasteiger charge is -2.26. The van der Waals surface area contributed by atoms with Crippen LogP contribution in [-0.2, 0) is 9.59 Å². The second-order valence-corrected chi connectivity index (χ2v) is 9.53. The molecule has 34 heavy (non-hydrogen) atoms. The van der Waals surface area contributed by atoms with Crippen LogP contribution in [0.3, 0.4) is 0 Å². The molecule has 0 atom stereocenters. The van der Waals surface area contributed by atoms with Crippen LogP contribution in [0.4, 0.5) is 0 Å². The van der Waals surface area contributed by atoms with Crippen LogP contribution in [-0.4, -0.2) is 49.2 Å². The maximum atomic E-state index is 13.1. The van der Waals surface area contributed by atoms with Crippen LogP contribution in [0.2, 0.25) is 0 Å². The smallest absolute Gasteiger partial charge is 0.194 e. The molecule has 1 saturated carbocycles. The summed E-state index contributed by atoms with van der Waals surface area (Å²) in [5, 5.41) is 6.66. The van der Waals surface area contributed by atoms with Crippen LogP contribution >= 0.6 is 0 Å². The summed E-state index contributed by atoms with van der Waals surface area (Å²) in [7, 11) is 0. The third-order valence-electron chi connectivity index (χ3n) is 5.53. The number of hydrogen-bond acceptors (Lipinski definition) is 6. The molecule has 0 saturated heterocycles. The van der Waals surface area contributed by atoms with Crippen molar-refractivity contribution in [1.29, 1.82) is 0 Å². The van der Waals surface area contributed by atoms with E-state index in [9.17, 15) is 9.59 Å². The number of nitrogens with zero attached hydrogens (tertiary/aromatic N) is 2. The molecule has 0 unspecified atom stereocenters. The Labute approximate surface area is 203 Å². The van der Waals surface area contributed by atoms with E-state index >= 15 is 0 Å². The minimum absolute atomic E-state index is 0.112. The van der Waals surface area contributed by atoms with Gasteiger partial charge in [-0.25, -0.2) is 0 Å². The summed E-state index contributed by atoms with van der Waals surface area (Å²) < 4.78 is 0. The van der Waals surface area contributed by atoms with E-state index in [1.807, 2.05) is 24.3 Å². The average Bonchev–Trinajstić information content (AvgIpc) is 2.81. The molecule has 1 fully saturated rings. The molecule has 0 spiro atoms.